The van der Waals surface area contributed by atoms with Crippen molar-refractivity contribution in [2.75, 3.05) is 33.2 Å². The predicted octanol–water partition coefficient (Wildman–Crippen LogP) is 2.40. The van der Waals surface area contributed by atoms with E-state index in [1.807, 2.05) is 13.2 Å². The smallest absolute Gasteiger partial charge is 0.191 e. The van der Waals surface area contributed by atoms with E-state index in [2.05, 4.69) is 43.2 Å². The van der Waals surface area contributed by atoms with Crippen LogP contribution < -0.4 is 10.6 Å². The first-order valence-electron chi connectivity index (χ1n) is 10.4. The van der Waals surface area contributed by atoms with Crippen LogP contribution in [-0.2, 0) is 6.54 Å². The summed E-state index contributed by atoms with van der Waals surface area (Å²) >= 11 is 0. The van der Waals surface area contributed by atoms with E-state index in [0.29, 0.717) is 6.04 Å². The number of aromatic nitrogens is 2. The van der Waals surface area contributed by atoms with Crippen molar-refractivity contribution in [3.8, 4) is 0 Å². The number of imidazole rings is 1. The zero-order chi connectivity index (χ0) is 18.2. The summed E-state index contributed by atoms with van der Waals surface area (Å²) in [7, 11) is 1.87. The normalized spacial score (nSPS) is 22.2. The average molecular weight is 361 g/mol. The third-order valence-electron chi connectivity index (χ3n) is 5.87. The Morgan fingerprint density at radius 3 is 2.85 bits per heavy atom. The SMILES string of the molecule is CN=C(NCCCCn1ccnc1C)NC1CCN(CC2CCCC2)C1. The molecule has 0 spiro atoms. The highest BCUT2D eigenvalue weighted by Crippen LogP contribution is 2.26. The molecule has 2 heterocycles. The van der Waals surface area contributed by atoms with Crippen LogP contribution in [0.4, 0.5) is 0 Å². The van der Waals surface area contributed by atoms with Gasteiger partial charge in [0.05, 0.1) is 0 Å². The van der Waals surface area contributed by atoms with Crippen LogP contribution in [0.5, 0.6) is 0 Å². The molecule has 1 atom stereocenters. The number of likely N-dealkylation sites (tertiary alicyclic amines) is 1. The van der Waals surface area contributed by atoms with Gasteiger partial charge in [0.15, 0.2) is 5.96 Å². The van der Waals surface area contributed by atoms with Gasteiger partial charge < -0.3 is 20.1 Å². The molecule has 1 aromatic heterocycles. The van der Waals surface area contributed by atoms with E-state index in [-0.39, 0.29) is 0 Å². The number of nitrogens with zero attached hydrogens (tertiary/aromatic N) is 4. The lowest BCUT2D eigenvalue weighted by atomic mass is 10.1. The summed E-state index contributed by atoms with van der Waals surface area (Å²) < 4.78 is 2.21. The van der Waals surface area contributed by atoms with Gasteiger partial charge in [-0.25, -0.2) is 4.98 Å². The standard InChI is InChI=1S/C20H36N6/c1-17-22-11-14-26(17)12-6-5-10-23-20(21-2)24-19-9-13-25(16-19)15-18-7-3-4-8-18/h11,14,18-19H,3-10,12-13,15-16H2,1-2H3,(H2,21,23,24). The lowest BCUT2D eigenvalue weighted by Crippen LogP contribution is -2.45. The monoisotopic (exact) mass is 360 g/mol. The van der Waals surface area contributed by atoms with Crippen LogP contribution in [0.15, 0.2) is 17.4 Å². The molecule has 2 aliphatic rings. The zero-order valence-corrected chi connectivity index (χ0v) is 16.6. The van der Waals surface area contributed by atoms with Crippen molar-refractivity contribution in [3.63, 3.8) is 0 Å². The van der Waals surface area contributed by atoms with Gasteiger partial charge in [0, 0.05) is 58.2 Å². The Morgan fingerprint density at radius 1 is 1.27 bits per heavy atom. The molecular formula is C20H36N6. The minimum absolute atomic E-state index is 0.538. The predicted molar refractivity (Wildman–Crippen MR) is 107 cm³/mol. The minimum Gasteiger partial charge on any atom is -0.356 e. The zero-order valence-electron chi connectivity index (χ0n) is 16.6. The molecule has 0 aromatic carbocycles. The molecule has 1 aliphatic heterocycles. The quantitative estimate of drug-likeness (QED) is 0.425. The topological polar surface area (TPSA) is 57.5 Å². The lowest BCUT2D eigenvalue weighted by Gasteiger charge is -2.21. The van der Waals surface area contributed by atoms with Gasteiger partial charge in [0.2, 0.25) is 0 Å². The molecule has 26 heavy (non-hydrogen) atoms. The third-order valence-corrected chi connectivity index (χ3v) is 5.87. The number of hydrogen-bond acceptors (Lipinski definition) is 3. The number of rotatable bonds is 8. The first-order valence-corrected chi connectivity index (χ1v) is 10.4. The van der Waals surface area contributed by atoms with Crippen molar-refractivity contribution < 1.29 is 0 Å². The van der Waals surface area contributed by atoms with Gasteiger partial charge in [-0.3, -0.25) is 4.99 Å². The Labute approximate surface area is 158 Å². The van der Waals surface area contributed by atoms with Gasteiger partial charge in [-0.05, 0) is 44.9 Å². The van der Waals surface area contributed by atoms with Gasteiger partial charge in [-0.2, -0.15) is 0 Å². The highest BCUT2D eigenvalue weighted by atomic mass is 15.2. The first kappa shape index (κ1) is 19.2. The average Bonchev–Trinajstić information content (AvgIpc) is 3.38. The first-order chi connectivity index (χ1) is 12.7. The Morgan fingerprint density at radius 2 is 2.12 bits per heavy atom. The largest absolute Gasteiger partial charge is 0.356 e. The minimum atomic E-state index is 0.538. The van der Waals surface area contributed by atoms with Crippen molar-refractivity contribution in [1.82, 2.24) is 25.1 Å². The number of aryl methyl sites for hydroxylation is 2. The Bertz CT molecular complexity index is 560. The van der Waals surface area contributed by atoms with Crippen molar-refractivity contribution in [1.29, 1.82) is 0 Å². The summed E-state index contributed by atoms with van der Waals surface area (Å²) in [5.74, 6) is 3.00. The summed E-state index contributed by atoms with van der Waals surface area (Å²) in [6, 6.07) is 0.538. The summed E-state index contributed by atoms with van der Waals surface area (Å²) in [5.41, 5.74) is 0. The highest BCUT2D eigenvalue weighted by molar-refractivity contribution is 5.79. The molecule has 1 saturated heterocycles. The van der Waals surface area contributed by atoms with Crippen LogP contribution >= 0.6 is 0 Å². The van der Waals surface area contributed by atoms with Crippen LogP contribution in [-0.4, -0.2) is 59.7 Å². The molecule has 2 N–H and O–H groups in total. The van der Waals surface area contributed by atoms with Gasteiger partial charge in [-0.15, -0.1) is 0 Å². The van der Waals surface area contributed by atoms with E-state index in [4.69, 9.17) is 0 Å². The van der Waals surface area contributed by atoms with Gasteiger partial charge in [0.1, 0.15) is 5.82 Å². The van der Waals surface area contributed by atoms with Crippen LogP contribution in [0.25, 0.3) is 0 Å². The Kier molecular flexibility index (Phi) is 7.35. The van der Waals surface area contributed by atoms with E-state index in [0.717, 1.165) is 50.2 Å². The molecule has 1 aliphatic carbocycles. The maximum absolute atomic E-state index is 4.40. The van der Waals surface area contributed by atoms with Crippen LogP contribution in [0.1, 0.15) is 50.8 Å². The molecule has 1 unspecified atom stereocenters. The highest BCUT2D eigenvalue weighted by Gasteiger charge is 2.26. The second-order valence-electron chi connectivity index (χ2n) is 7.91. The van der Waals surface area contributed by atoms with Crippen molar-refractivity contribution in [3.05, 3.63) is 18.2 Å². The molecule has 6 heteroatoms. The van der Waals surface area contributed by atoms with E-state index >= 15 is 0 Å². The van der Waals surface area contributed by atoms with Crippen molar-refractivity contribution in [2.24, 2.45) is 10.9 Å². The maximum atomic E-state index is 4.40. The third kappa shape index (κ3) is 5.73. The molecule has 0 radical (unpaired) electrons. The van der Waals surface area contributed by atoms with Gasteiger partial charge in [-0.1, -0.05) is 12.8 Å². The maximum Gasteiger partial charge on any atom is 0.191 e. The van der Waals surface area contributed by atoms with E-state index in [1.165, 1.54) is 45.2 Å². The summed E-state index contributed by atoms with van der Waals surface area (Å²) in [4.78, 5) is 11.3. The number of guanidine groups is 1. The molecule has 6 nitrogen and oxygen atoms in total. The lowest BCUT2D eigenvalue weighted by molar-refractivity contribution is 0.275. The van der Waals surface area contributed by atoms with Crippen LogP contribution in [0.2, 0.25) is 0 Å². The van der Waals surface area contributed by atoms with E-state index in [9.17, 15) is 0 Å². The number of aliphatic imine (C=N–C) groups is 1. The van der Waals surface area contributed by atoms with E-state index < -0.39 is 0 Å². The second-order valence-corrected chi connectivity index (χ2v) is 7.91. The number of unbranched alkanes of at least 4 members (excludes halogenated alkanes) is 1. The second kappa shape index (κ2) is 9.95. The summed E-state index contributed by atoms with van der Waals surface area (Å²) in [5, 5.41) is 7.09. The fourth-order valence-corrected chi connectivity index (χ4v) is 4.32. The summed E-state index contributed by atoms with van der Waals surface area (Å²) in [6.45, 7) is 7.76. The van der Waals surface area contributed by atoms with Gasteiger partial charge in [0.25, 0.3) is 0 Å². The Balaban J connectivity index is 1.29. The molecule has 1 saturated carbocycles. The molecule has 0 bridgehead atoms. The fourth-order valence-electron chi connectivity index (χ4n) is 4.32. The van der Waals surface area contributed by atoms with Gasteiger partial charge >= 0.3 is 0 Å². The van der Waals surface area contributed by atoms with Crippen LogP contribution in [0.3, 0.4) is 0 Å². The molecule has 1 aromatic rings. The van der Waals surface area contributed by atoms with Crippen molar-refractivity contribution in [2.45, 2.75) is 64.5 Å². The molecule has 3 rings (SSSR count). The fraction of sp³-hybridized carbons (Fsp3) is 0.800. The van der Waals surface area contributed by atoms with Crippen molar-refractivity contribution >= 4 is 5.96 Å². The van der Waals surface area contributed by atoms with E-state index in [1.54, 1.807) is 0 Å². The molecular weight excluding hydrogens is 324 g/mol. The number of nitrogens with one attached hydrogen (secondary N) is 2. The molecule has 0 amide bonds. The summed E-state index contributed by atoms with van der Waals surface area (Å²) in [6.07, 6.45) is 13.2. The van der Waals surface area contributed by atoms with Crippen LogP contribution in [0, 0.1) is 12.8 Å². The molecule has 146 valence electrons. The Hall–Kier alpha value is -1.56. The number of hydrogen-bond donors (Lipinski definition) is 2. The molecule has 2 fully saturated rings.